The first kappa shape index (κ1) is 24.0. The number of nitrogens with one attached hydrogen (secondary N) is 1. The Balaban J connectivity index is 1.91. The molecule has 0 aliphatic rings. The van der Waals surface area contributed by atoms with Crippen molar-refractivity contribution in [2.45, 2.75) is 30.6 Å². The van der Waals surface area contributed by atoms with Gasteiger partial charge in [-0.25, -0.2) is 8.42 Å². The van der Waals surface area contributed by atoms with Crippen LogP contribution in [0, 0.1) is 20.8 Å². The number of sulfone groups is 1. The molecule has 0 radical (unpaired) electrons. The summed E-state index contributed by atoms with van der Waals surface area (Å²) in [4.78, 5) is 13.6. The van der Waals surface area contributed by atoms with Crippen LogP contribution in [-0.2, 0) is 9.84 Å². The molecule has 0 saturated carbocycles. The number of carbonyl (C=O) groups is 1. The van der Waals surface area contributed by atoms with Crippen molar-refractivity contribution in [2.75, 3.05) is 11.1 Å². The van der Waals surface area contributed by atoms with E-state index in [1.54, 1.807) is 6.07 Å². The maximum atomic E-state index is 13.7. The predicted molar refractivity (Wildman–Crippen MR) is 139 cm³/mol. The molecular weight excluding hydrogens is 488 g/mol. The number of nitrogens with two attached hydrogens (primary N) is 1. The fourth-order valence-electron chi connectivity index (χ4n) is 3.70. The highest BCUT2D eigenvalue weighted by molar-refractivity contribution is 7.92. The van der Waals surface area contributed by atoms with Gasteiger partial charge in [-0.2, -0.15) is 0 Å². The Kier molecular flexibility index (Phi) is 6.53. The molecule has 0 amide bonds. The zero-order valence-corrected chi connectivity index (χ0v) is 21.2. The van der Waals surface area contributed by atoms with Crippen molar-refractivity contribution < 1.29 is 13.2 Å². The Hall–Kier alpha value is -3.13. The monoisotopic (exact) mass is 510 g/mol. The Morgan fingerprint density at radius 2 is 1.62 bits per heavy atom. The molecule has 3 aromatic carbocycles. The number of carbonyl (C=O) groups excluding carboxylic acids is 1. The highest BCUT2D eigenvalue weighted by Crippen LogP contribution is 2.44. The number of anilines is 3. The summed E-state index contributed by atoms with van der Waals surface area (Å²) in [5.74, 6) is -0.314. The van der Waals surface area contributed by atoms with Gasteiger partial charge in [-0.15, -0.1) is 11.3 Å². The second-order valence-electron chi connectivity index (χ2n) is 8.05. The van der Waals surface area contributed by atoms with Crippen LogP contribution in [0.25, 0.3) is 0 Å². The van der Waals surface area contributed by atoms with Crippen LogP contribution in [0.3, 0.4) is 0 Å². The van der Waals surface area contributed by atoms with Crippen LogP contribution in [0.2, 0.25) is 5.02 Å². The number of aryl methyl sites for hydroxylation is 3. The van der Waals surface area contributed by atoms with Gasteiger partial charge in [0.15, 0.2) is 0 Å². The molecule has 1 heterocycles. The van der Waals surface area contributed by atoms with E-state index in [0.717, 1.165) is 33.7 Å². The van der Waals surface area contributed by atoms with Gasteiger partial charge in [0, 0.05) is 16.3 Å². The summed E-state index contributed by atoms with van der Waals surface area (Å²) in [7, 11) is -4.05. The molecule has 0 unspecified atom stereocenters. The standard InChI is InChI=1S/C26H23ClN2O3S2/c1-15-8-13-20(17(3)14-15)23(30)24-22(28)25(34(31,32)19-11-9-18(27)10-12-19)26(33-24)29-21-7-5-4-6-16(21)2/h4-14,29H,28H2,1-3H3. The zero-order chi connectivity index (χ0) is 24.6. The van der Waals surface area contributed by atoms with Gasteiger partial charge in [-0.1, -0.05) is 53.6 Å². The topological polar surface area (TPSA) is 89.3 Å². The van der Waals surface area contributed by atoms with Crippen LogP contribution < -0.4 is 11.1 Å². The third-order valence-electron chi connectivity index (χ3n) is 5.52. The number of halogens is 1. The van der Waals surface area contributed by atoms with Gasteiger partial charge >= 0.3 is 0 Å². The van der Waals surface area contributed by atoms with E-state index < -0.39 is 9.84 Å². The fraction of sp³-hybridized carbons (Fsp3) is 0.115. The van der Waals surface area contributed by atoms with Gasteiger partial charge in [-0.05, 0) is 62.2 Å². The van der Waals surface area contributed by atoms with Crippen LogP contribution in [0.15, 0.2) is 76.5 Å². The van der Waals surface area contributed by atoms with Crippen molar-refractivity contribution in [3.8, 4) is 0 Å². The fourth-order valence-corrected chi connectivity index (χ4v) is 6.75. The lowest BCUT2D eigenvalue weighted by Crippen LogP contribution is -2.09. The molecule has 4 aromatic rings. The minimum absolute atomic E-state index is 0.0414. The van der Waals surface area contributed by atoms with Crippen LogP contribution in [0.5, 0.6) is 0 Å². The molecule has 0 spiro atoms. The van der Waals surface area contributed by atoms with Gasteiger partial charge < -0.3 is 11.1 Å². The van der Waals surface area contributed by atoms with Gasteiger partial charge in [0.2, 0.25) is 15.6 Å². The Morgan fingerprint density at radius 3 is 2.26 bits per heavy atom. The normalized spacial score (nSPS) is 11.4. The number of para-hydroxylation sites is 1. The number of ketones is 1. The molecule has 0 bridgehead atoms. The minimum atomic E-state index is -4.05. The third kappa shape index (κ3) is 4.46. The van der Waals surface area contributed by atoms with E-state index in [-0.39, 0.29) is 31.1 Å². The molecule has 0 saturated heterocycles. The number of hydrogen-bond donors (Lipinski definition) is 2. The van der Waals surface area contributed by atoms with Crippen LogP contribution in [0.1, 0.15) is 31.9 Å². The molecule has 0 aliphatic carbocycles. The zero-order valence-electron chi connectivity index (χ0n) is 18.8. The van der Waals surface area contributed by atoms with E-state index in [9.17, 15) is 13.2 Å². The van der Waals surface area contributed by atoms with Crippen molar-refractivity contribution in [1.29, 1.82) is 0 Å². The maximum Gasteiger partial charge on any atom is 0.211 e. The number of thiophene rings is 1. The number of rotatable bonds is 6. The Morgan fingerprint density at radius 1 is 0.941 bits per heavy atom. The first-order chi connectivity index (χ1) is 16.1. The number of hydrogen-bond acceptors (Lipinski definition) is 6. The predicted octanol–water partition coefficient (Wildman–Crippen LogP) is 6.72. The second kappa shape index (κ2) is 9.25. The van der Waals surface area contributed by atoms with Crippen LogP contribution >= 0.6 is 22.9 Å². The van der Waals surface area contributed by atoms with E-state index in [1.165, 1.54) is 24.3 Å². The SMILES string of the molecule is Cc1ccc(C(=O)c2sc(Nc3ccccc3C)c(S(=O)(=O)c3ccc(Cl)cc3)c2N)c(C)c1. The van der Waals surface area contributed by atoms with Crippen molar-refractivity contribution >= 4 is 54.9 Å². The highest BCUT2D eigenvalue weighted by atomic mass is 35.5. The van der Waals surface area contributed by atoms with E-state index >= 15 is 0 Å². The Bertz CT molecular complexity index is 1510. The minimum Gasteiger partial charge on any atom is -0.396 e. The molecule has 5 nitrogen and oxygen atoms in total. The summed E-state index contributed by atoms with van der Waals surface area (Å²) in [6, 6.07) is 18.9. The van der Waals surface area contributed by atoms with Crippen molar-refractivity contribution in [3.63, 3.8) is 0 Å². The van der Waals surface area contributed by atoms with Crippen LogP contribution in [-0.4, -0.2) is 14.2 Å². The lowest BCUT2D eigenvalue weighted by molar-refractivity contribution is 0.104. The molecule has 8 heteroatoms. The number of benzene rings is 3. The van der Waals surface area contributed by atoms with Gasteiger partial charge in [-0.3, -0.25) is 4.79 Å². The smallest absolute Gasteiger partial charge is 0.211 e. The quantitative estimate of drug-likeness (QED) is 0.281. The third-order valence-corrected chi connectivity index (χ3v) is 8.87. The van der Waals surface area contributed by atoms with Gasteiger partial charge in [0.25, 0.3) is 0 Å². The average Bonchev–Trinajstić information content (AvgIpc) is 3.11. The van der Waals surface area contributed by atoms with Crippen LogP contribution in [0.4, 0.5) is 16.4 Å². The molecule has 0 aliphatic heterocycles. The molecule has 0 atom stereocenters. The first-order valence-corrected chi connectivity index (χ1v) is 13.1. The summed E-state index contributed by atoms with van der Waals surface area (Å²) in [5.41, 5.74) is 10.3. The van der Waals surface area contributed by atoms with E-state index in [0.29, 0.717) is 10.6 Å². The highest BCUT2D eigenvalue weighted by Gasteiger charge is 2.32. The Labute approximate surface area is 208 Å². The number of nitrogen functional groups attached to an aromatic ring is 1. The van der Waals surface area contributed by atoms with E-state index in [2.05, 4.69) is 5.32 Å². The summed E-state index contributed by atoms with van der Waals surface area (Å²) in [6.45, 7) is 5.71. The molecule has 4 rings (SSSR count). The second-order valence-corrected chi connectivity index (χ2v) is 11.4. The molecule has 3 N–H and O–H groups in total. The van der Waals surface area contributed by atoms with E-state index in [1.807, 2.05) is 57.2 Å². The first-order valence-electron chi connectivity index (χ1n) is 10.5. The lowest BCUT2D eigenvalue weighted by atomic mass is 10.0. The van der Waals surface area contributed by atoms with E-state index in [4.69, 9.17) is 17.3 Å². The largest absolute Gasteiger partial charge is 0.396 e. The summed E-state index contributed by atoms with van der Waals surface area (Å²) in [5, 5.41) is 3.91. The van der Waals surface area contributed by atoms with Crippen molar-refractivity contribution in [3.05, 3.63) is 98.9 Å². The summed E-state index contributed by atoms with van der Waals surface area (Å²) in [6.07, 6.45) is 0. The molecule has 0 fully saturated rings. The maximum absolute atomic E-state index is 13.7. The molecule has 1 aromatic heterocycles. The summed E-state index contributed by atoms with van der Waals surface area (Å²) >= 11 is 7.00. The molecule has 34 heavy (non-hydrogen) atoms. The van der Waals surface area contributed by atoms with Crippen molar-refractivity contribution in [2.24, 2.45) is 0 Å². The van der Waals surface area contributed by atoms with Crippen molar-refractivity contribution in [1.82, 2.24) is 0 Å². The molecule has 174 valence electrons. The summed E-state index contributed by atoms with van der Waals surface area (Å²) < 4.78 is 27.4. The lowest BCUT2D eigenvalue weighted by Gasteiger charge is -2.11. The average molecular weight is 511 g/mol. The molecular formula is C26H23ClN2O3S2. The van der Waals surface area contributed by atoms with Gasteiger partial charge in [0.05, 0.1) is 10.6 Å². The van der Waals surface area contributed by atoms with Gasteiger partial charge in [0.1, 0.15) is 14.8 Å².